The fourth-order valence-corrected chi connectivity index (χ4v) is 1.72. The van der Waals surface area contributed by atoms with Crippen molar-refractivity contribution in [3.63, 3.8) is 0 Å². The summed E-state index contributed by atoms with van der Waals surface area (Å²) in [5.74, 6) is 0. The maximum Gasteiger partial charge on any atom is 0.103 e. The number of rotatable bonds is 2. The second kappa shape index (κ2) is 3.23. The molecule has 1 atom stereocenters. The topological polar surface area (TPSA) is 53.6 Å². The van der Waals surface area contributed by atoms with Crippen molar-refractivity contribution in [2.24, 2.45) is 0 Å². The molecule has 2 N–H and O–H groups in total. The Bertz CT molecular complexity index is 249. The van der Waals surface area contributed by atoms with Crippen LogP contribution in [0.2, 0.25) is 0 Å². The summed E-state index contributed by atoms with van der Waals surface area (Å²) in [4.78, 5) is 0. The molecule has 1 aromatic heterocycles. The number of aromatic amines is 1. The van der Waals surface area contributed by atoms with Gasteiger partial charge in [0.1, 0.15) is 5.69 Å². The lowest BCUT2D eigenvalue weighted by atomic mass is 10.1. The van der Waals surface area contributed by atoms with Gasteiger partial charge in [0.25, 0.3) is 0 Å². The van der Waals surface area contributed by atoms with E-state index in [0.29, 0.717) is 6.04 Å². The highest BCUT2D eigenvalue weighted by molar-refractivity contribution is 5.14. The van der Waals surface area contributed by atoms with Crippen molar-refractivity contribution in [1.82, 2.24) is 20.7 Å². The van der Waals surface area contributed by atoms with Crippen LogP contribution in [0, 0.1) is 0 Å². The van der Waals surface area contributed by atoms with E-state index in [9.17, 15) is 0 Å². The lowest BCUT2D eigenvalue weighted by molar-refractivity contribution is 0.619. The molecule has 0 bridgehead atoms. The van der Waals surface area contributed by atoms with Gasteiger partial charge in [0.05, 0.1) is 11.7 Å². The Morgan fingerprint density at radius 2 is 2.42 bits per heavy atom. The third-order valence-electron chi connectivity index (χ3n) is 2.38. The molecule has 4 nitrogen and oxygen atoms in total. The summed E-state index contributed by atoms with van der Waals surface area (Å²) in [6.07, 6.45) is 3.41. The van der Waals surface area contributed by atoms with Crippen molar-refractivity contribution < 1.29 is 0 Å². The van der Waals surface area contributed by atoms with Gasteiger partial charge in [-0.1, -0.05) is 6.92 Å². The second-order valence-corrected chi connectivity index (χ2v) is 3.16. The molecule has 0 aromatic carbocycles. The summed E-state index contributed by atoms with van der Waals surface area (Å²) in [7, 11) is 0. The lowest BCUT2D eigenvalue weighted by Gasteiger charge is -2.06. The zero-order chi connectivity index (χ0) is 8.39. The average molecular weight is 166 g/mol. The van der Waals surface area contributed by atoms with E-state index >= 15 is 0 Å². The van der Waals surface area contributed by atoms with E-state index in [1.165, 1.54) is 12.8 Å². The minimum absolute atomic E-state index is 0.443. The first-order chi connectivity index (χ1) is 5.92. The molecule has 0 amide bonds. The monoisotopic (exact) mass is 166 g/mol. The molecule has 1 aliphatic heterocycles. The van der Waals surface area contributed by atoms with E-state index in [1.807, 2.05) is 0 Å². The van der Waals surface area contributed by atoms with Crippen molar-refractivity contribution in [2.45, 2.75) is 32.2 Å². The van der Waals surface area contributed by atoms with Crippen LogP contribution in [0.15, 0.2) is 0 Å². The van der Waals surface area contributed by atoms with Gasteiger partial charge in [-0.15, -0.1) is 0 Å². The number of nitrogens with zero attached hydrogens (tertiary/aromatic N) is 2. The van der Waals surface area contributed by atoms with Gasteiger partial charge in [-0.25, -0.2) is 0 Å². The number of aryl methyl sites for hydroxylation is 1. The SMILES string of the molecule is CCc1n[nH]nc1C1CCCN1. The van der Waals surface area contributed by atoms with E-state index in [-0.39, 0.29) is 0 Å². The highest BCUT2D eigenvalue weighted by Crippen LogP contribution is 2.22. The quantitative estimate of drug-likeness (QED) is 0.683. The maximum atomic E-state index is 4.17. The van der Waals surface area contributed by atoms with Crippen LogP contribution in [0.25, 0.3) is 0 Å². The largest absolute Gasteiger partial charge is 0.309 e. The van der Waals surface area contributed by atoms with E-state index in [4.69, 9.17) is 0 Å². The molecule has 2 heterocycles. The van der Waals surface area contributed by atoms with Crippen LogP contribution in [0.4, 0.5) is 0 Å². The fourth-order valence-electron chi connectivity index (χ4n) is 1.72. The van der Waals surface area contributed by atoms with Gasteiger partial charge in [0.2, 0.25) is 0 Å². The summed E-state index contributed by atoms with van der Waals surface area (Å²) in [5, 5.41) is 14.4. The third kappa shape index (κ3) is 1.22. The molecule has 0 saturated carbocycles. The van der Waals surface area contributed by atoms with Crippen LogP contribution in [-0.4, -0.2) is 22.0 Å². The second-order valence-electron chi connectivity index (χ2n) is 3.16. The molecule has 12 heavy (non-hydrogen) atoms. The molecule has 1 aliphatic rings. The Hall–Kier alpha value is -0.900. The number of aromatic nitrogens is 3. The highest BCUT2D eigenvalue weighted by Gasteiger charge is 2.21. The van der Waals surface area contributed by atoms with Crippen LogP contribution in [0.3, 0.4) is 0 Å². The summed E-state index contributed by atoms with van der Waals surface area (Å²) in [5.41, 5.74) is 2.23. The number of nitrogens with one attached hydrogen (secondary N) is 2. The Morgan fingerprint density at radius 3 is 3.08 bits per heavy atom. The summed E-state index contributed by atoms with van der Waals surface area (Å²) in [6.45, 7) is 3.22. The van der Waals surface area contributed by atoms with Crippen LogP contribution < -0.4 is 5.32 Å². The van der Waals surface area contributed by atoms with Gasteiger partial charge >= 0.3 is 0 Å². The van der Waals surface area contributed by atoms with Crippen LogP contribution in [0.1, 0.15) is 37.2 Å². The summed E-state index contributed by atoms with van der Waals surface area (Å²) in [6, 6.07) is 0.443. The molecule has 0 aliphatic carbocycles. The minimum Gasteiger partial charge on any atom is -0.309 e. The van der Waals surface area contributed by atoms with Crippen molar-refractivity contribution in [3.05, 3.63) is 11.4 Å². The minimum atomic E-state index is 0.443. The van der Waals surface area contributed by atoms with Crippen molar-refractivity contribution in [3.8, 4) is 0 Å². The molecule has 1 unspecified atom stereocenters. The van der Waals surface area contributed by atoms with E-state index < -0.39 is 0 Å². The summed E-state index contributed by atoms with van der Waals surface area (Å²) < 4.78 is 0. The first kappa shape index (κ1) is 7.73. The zero-order valence-corrected chi connectivity index (χ0v) is 7.30. The first-order valence-corrected chi connectivity index (χ1v) is 4.54. The zero-order valence-electron chi connectivity index (χ0n) is 7.30. The molecule has 1 saturated heterocycles. The Labute approximate surface area is 71.8 Å². The van der Waals surface area contributed by atoms with E-state index in [1.54, 1.807) is 0 Å². The van der Waals surface area contributed by atoms with Crippen molar-refractivity contribution in [1.29, 1.82) is 0 Å². The highest BCUT2D eigenvalue weighted by atomic mass is 15.3. The smallest absolute Gasteiger partial charge is 0.103 e. The predicted molar refractivity (Wildman–Crippen MR) is 45.7 cm³/mol. The molecule has 66 valence electrons. The summed E-state index contributed by atoms with van der Waals surface area (Å²) >= 11 is 0. The molecular weight excluding hydrogens is 152 g/mol. The van der Waals surface area contributed by atoms with Gasteiger partial charge in [0.15, 0.2) is 0 Å². The maximum absolute atomic E-state index is 4.17. The van der Waals surface area contributed by atoms with Gasteiger partial charge in [-0.3, -0.25) is 0 Å². The van der Waals surface area contributed by atoms with Gasteiger partial charge in [-0.2, -0.15) is 15.4 Å². The van der Waals surface area contributed by atoms with Crippen LogP contribution in [0.5, 0.6) is 0 Å². The molecule has 2 rings (SSSR count). The van der Waals surface area contributed by atoms with Crippen molar-refractivity contribution >= 4 is 0 Å². The third-order valence-corrected chi connectivity index (χ3v) is 2.38. The lowest BCUT2D eigenvalue weighted by Crippen LogP contribution is -2.14. The van der Waals surface area contributed by atoms with E-state index in [2.05, 4.69) is 27.7 Å². The van der Waals surface area contributed by atoms with Crippen LogP contribution in [-0.2, 0) is 6.42 Å². The van der Waals surface area contributed by atoms with Gasteiger partial charge in [0, 0.05) is 0 Å². The number of H-pyrrole nitrogens is 1. The van der Waals surface area contributed by atoms with Gasteiger partial charge < -0.3 is 5.32 Å². The molecule has 0 spiro atoms. The molecular formula is C8H14N4. The normalized spacial score (nSPS) is 23.2. The average Bonchev–Trinajstić information content (AvgIpc) is 2.74. The Kier molecular flexibility index (Phi) is 2.08. The molecule has 4 heteroatoms. The fraction of sp³-hybridized carbons (Fsp3) is 0.750. The van der Waals surface area contributed by atoms with Crippen LogP contribution >= 0.6 is 0 Å². The molecule has 1 aromatic rings. The first-order valence-electron chi connectivity index (χ1n) is 4.54. The number of hydrogen-bond donors (Lipinski definition) is 2. The van der Waals surface area contributed by atoms with Gasteiger partial charge in [-0.05, 0) is 25.8 Å². The molecule has 1 fully saturated rings. The van der Waals surface area contributed by atoms with E-state index in [0.717, 1.165) is 24.4 Å². The Balaban J connectivity index is 2.19. The predicted octanol–water partition coefficient (Wildman–Crippen LogP) is 0.792. The standard InChI is InChI=1S/C8H14N4/c1-2-6-8(11-12-10-6)7-4-3-5-9-7/h7,9H,2-5H2,1H3,(H,10,11,12). The Morgan fingerprint density at radius 1 is 1.50 bits per heavy atom. The molecule has 0 radical (unpaired) electrons. The number of hydrogen-bond acceptors (Lipinski definition) is 3. The van der Waals surface area contributed by atoms with Crippen molar-refractivity contribution in [2.75, 3.05) is 6.54 Å².